The van der Waals surface area contributed by atoms with Crippen LogP contribution in [-0.2, 0) is 14.6 Å². The SMILES string of the molecule is Cc1ccc(S(=O)(=O)c2c(F)cnc3[nH]cc(-c4nncc(NC5C6CCC(CC6)C5C(=O)O)n4)c23)cc1. The zero-order valence-electron chi connectivity index (χ0n) is 20.4. The molecule has 1 aromatic carbocycles. The molecule has 3 aliphatic rings. The quantitative estimate of drug-likeness (QED) is 0.332. The molecule has 7 rings (SSSR count). The van der Waals surface area contributed by atoms with Crippen LogP contribution in [0.4, 0.5) is 10.2 Å². The molecular formula is C26H25FN6O4S. The van der Waals surface area contributed by atoms with Gasteiger partial charge in [-0.05, 0) is 56.6 Å². The Labute approximate surface area is 217 Å². The van der Waals surface area contributed by atoms with Crippen molar-refractivity contribution in [1.82, 2.24) is 25.1 Å². The lowest BCUT2D eigenvalue weighted by Gasteiger charge is -2.47. The molecule has 10 nitrogen and oxygen atoms in total. The van der Waals surface area contributed by atoms with Gasteiger partial charge in [0.25, 0.3) is 0 Å². The first-order valence-electron chi connectivity index (χ1n) is 12.4. The molecule has 0 aliphatic heterocycles. The highest BCUT2D eigenvalue weighted by atomic mass is 32.2. The molecule has 3 fully saturated rings. The number of aryl methyl sites for hydroxylation is 1. The van der Waals surface area contributed by atoms with Crippen LogP contribution in [-0.4, -0.2) is 50.7 Å². The van der Waals surface area contributed by atoms with Crippen molar-refractivity contribution in [3.63, 3.8) is 0 Å². The van der Waals surface area contributed by atoms with E-state index in [1.54, 1.807) is 12.1 Å². The first kappa shape index (κ1) is 24.4. The van der Waals surface area contributed by atoms with E-state index in [9.17, 15) is 18.3 Å². The van der Waals surface area contributed by atoms with Gasteiger partial charge in [0, 0.05) is 17.8 Å². The molecule has 0 spiro atoms. The van der Waals surface area contributed by atoms with E-state index in [-0.39, 0.29) is 45.2 Å². The first-order chi connectivity index (χ1) is 18.2. The highest BCUT2D eigenvalue weighted by Gasteiger charge is 2.47. The maximum absolute atomic E-state index is 15.2. The van der Waals surface area contributed by atoms with Gasteiger partial charge in [-0.1, -0.05) is 17.7 Å². The van der Waals surface area contributed by atoms with Crippen LogP contribution < -0.4 is 5.32 Å². The predicted octanol–water partition coefficient (Wildman–Crippen LogP) is 4.00. The summed E-state index contributed by atoms with van der Waals surface area (Å²) < 4.78 is 42.3. The van der Waals surface area contributed by atoms with E-state index in [0.717, 1.165) is 37.4 Å². The van der Waals surface area contributed by atoms with E-state index in [1.165, 1.54) is 24.5 Å². The molecule has 2 atom stereocenters. The summed E-state index contributed by atoms with van der Waals surface area (Å²) in [5, 5.41) is 21.3. The highest BCUT2D eigenvalue weighted by Crippen LogP contribution is 2.46. The highest BCUT2D eigenvalue weighted by molar-refractivity contribution is 7.91. The number of carboxylic acid groups (broad SMARTS) is 1. The fraction of sp³-hybridized carbons (Fsp3) is 0.346. The summed E-state index contributed by atoms with van der Waals surface area (Å²) in [7, 11) is -4.26. The van der Waals surface area contributed by atoms with Crippen molar-refractivity contribution >= 4 is 32.7 Å². The van der Waals surface area contributed by atoms with E-state index in [1.807, 2.05) is 6.92 Å². The number of aliphatic carboxylic acids is 1. The smallest absolute Gasteiger partial charge is 0.308 e. The molecular weight excluding hydrogens is 511 g/mol. The van der Waals surface area contributed by atoms with Crippen molar-refractivity contribution in [1.29, 1.82) is 0 Å². The Bertz CT molecular complexity index is 1650. The van der Waals surface area contributed by atoms with Gasteiger partial charge in [-0.15, -0.1) is 5.10 Å². The average molecular weight is 537 g/mol. The molecule has 3 aromatic heterocycles. The zero-order valence-corrected chi connectivity index (χ0v) is 21.2. The van der Waals surface area contributed by atoms with Crippen molar-refractivity contribution in [3.8, 4) is 11.4 Å². The minimum Gasteiger partial charge on any atom is -0.481 e. The summed E-state index contributed by atoms with van der Waals surface area (Å²) in [5.41, 5.74) is 1.24. The number of anilines is 1. The van der Waals surface area contributed by atoms with Gasteiger partial charge in [-0.2, -0.15) is 5.10 Å². The molecule has 3 saturated carbocycles. The number of hydrogen-bond acceptors (Lipinski definition) is 8. The fourth-order valence-electron chi connectivity index (χ4n) is 5.99. The molecule has 4 aromatic rings. The number of benzene rings is 1. The minimum absolute atomic E-state index is 0.0182. The van der Waals surface area contributed by atoms with Crippen molar-refractivity contribution < 1.29 is 22.7 Å². The van der Waals surface area contributed by atoms with Gasteiger partial charge in [0.2, 0.25) is 9.84 Å². The molecule has 2 bridgehead atoms. The lowest BCUT2D eigenvalue weighted by molar-refractivity contribution is -0.148. The third kappa shape index (κ3) is 3.99. The van der Waals surface area contributed by atoms with Gasteiger partial charge < -0.3 is 15.4 Å². The largest absolute Gasteiger partial charge is 0.481 e. The standard InChI is InChI=1S/C26H25FN6O4S/c1-13-2-8-16(9-3-13)38(36,37)23-18(27)11-29-25-21(23)17(10-28-25)24-32-19(12-30-33-24)31-22-15-6-4-14(5-7-15)20(22)26(34)35/h2-3,8-12,14-15,20,22H,4-7H2,1H3,(H,28,29)(H,34,35)(H,31,32,33). The summed E-state index contributed by atoms with van der Waals surface area (Å²) in [4.78, 5) is 22.9. The lowest BCUT2D eigenvalue weighted by atomic mass is 9.61. The second kappa shape index (κ2) is 9.12. The number of aromatic nitrogens is 5. The summed E-state index contributed by atoms with van der Waals surface area (Å²) in [6, 6.07) is 5.85. The van der Waals surface area contributed by atoms with Crippen LogP contribution in [0.3, 0.4) is 0 Å². The van der Waals surface area contributed by atoms with Gasteiger partial charge in [-0.25, -0.2) is 22.8 Å². The molecule has 0 amide bonds. The Balaban J connectivity index is 1.42. The number of H-pyrrole nitrogens is 1. The van der Waals surface area contributed by atoms with E-state index in [2.05, 4.69) is 30.5 Å². The number of fused-ring (bicyclic) bond motifs is 4. The van der Waals surface area contributed by atoms with Gasteiger partial charge in [0.05, 0.1) is 28.6 Å². The topological polar surface area (TPSA) is 151 Å². The van der Waals surface area contributed by atoms with Crippen molar-refractivity contribution in [2.24, 2.45) is 17.8 Å². The molecule has 3 heterocycles. The Kier molecular flexibility index (Phi) is 5.86. The van der Waals surface area contributed by atoms with E-state index in [0.29, 0.717) is 5.82 Å². The third-order valence-electron chi connectivity index (χ3n) is 7.83. The normalized spacial score (nSPS) is 23.0. The number of nitrogens with zero attached hydrogens (tertiary/aromatic N) is 4. The lowest BCUT2D eigenvalue weighted by Crippen LogP contribution is -2.51. The number of aromatic amines is 1. The van der Waals surface area contributed by atoms with Gasteiger partial charge in [0.1, 0.15) is 16.4 Å². The van der Waals surface area contributed by atoms with Crippen LogP contribution in [0.15, 0.2) is 52.6 Å². The summed E-state index contributed by atoms with van der Waals surface area (Å²) in [6.07, 6.45) is 7.44. The third-order valence-corrected chi connectivity index (χ3v) is 9.66. The second-order valence-corrected chi connectivity index (χ2v) is 11.9. The van der Waals surface area contributed by atoms with Gasteiger partial charge in [0.15, 0.2) is 11.6 Å². The molecule has 12 heteroatoms. The summed E-state index contributed by atoms with van der Waals surface area (Å²) in [6.45, 7) is 1.83. The summed E-state index contributed by atoms with van der Waals surface area (Å²) in [5.74, 6) is -1.66. The number of sulfone groups is 1. The number of halogens is 1. The van der Waals surface area contributed by atoms with Crippen LogP contribution in [0.1, 0.15) is 31.2 Å². The summed E-state index contributed by atoms with van der Waals surface area (Å²) >= 11 is 0. The monoisotopic (exact) mass is 536 g/mol. The molecule has 0 saturated heterocycles. The van der Waals surface area contributed by atoms with E-state index >= 15 is 4.39 Å². The average Bonchev–Trinajstić information content (AvgIpc) is 3.33. The van der Waals surface area contributed by atoms with Crippen LogP contribution >= 0.6 is 0 Å². The molecule has 196 valence electrons. The maximum Gasteiger partial charge on any atom is 0.308 e. The van der Waals surface area contributed by atoms with Crippen LogP contribution in [0.25, 0.3) is 22.4 Å². The van der Waals surface area contributed by atoms with E-state index < -0.39 is 32.4 Å². The van der Waals surface area contributed by atoms with Crippen LogP contribution in [0.5, 0.6) is 0 Å². The number of rotatable bonds is 6. The number of hydrogen-bond donors (Lipinski definition) is 3. The molecule has 38 heavy (non-hydrogen) atoms. The Morgan fingerprint density at radius 3 is 2.53 bits per heavy atom. The Morgan fingerprint density at radius 1 is 1.11 bits per heavy atom. The van der Waals surface area contributed by atoms with E-state index in [4.69, 9.17) is 0 Å². The molecule has 3 aliphatic carbocycles. The molecule has 0 radical (unpaired) electrons. The number of pyridine rings is 1. The number of nitrogens with one attached hydrogen (secondary N) is 2. The van der Waals surface area contributed by atoms with Crippen molar-refractivity contribution in [3.05, 3.63) is 54.2 Å². The van der Waals surface area contributed by atoms with Gasteiger partial charge in [-0.3, -0.25) is 4.79 Å². The number of carboxylic acids is 1. The van der Waals surface area contributed by atoms with Crippen LogP contribution in [0, 0.1) is 30.5 Å². The maximum atomic E-state index is 15.2. The zero-order chi connectivity index (χ0) is 26.6. The van der Waals surface area contributed by atoms with Crippen molar-refractivity contribution in [2.45, 2.75) is 48.4 Å². The second-order valence-electron chi connectivity index (χ2n) is 10.1. The van der Waals surface area contributed by atoms with Crippen molar-refractivity contribution in [2.75, 3.05) is 5.32 Å². The minimum atomic E-state index is -4.26. The number of carbonyl (C=O) groups is 1. The first-order valence-corrected chi connectivity index (χ1v) is 13.9. The molecule has 2 unspecified atom stereocenters. The Hall–Kier alpha value is -3.93. The fourth-order valence-corrected chi connectivity index (χ4v) is 7.50. The van der Waals surface area contributed by atoms with Gasteiger partial charge >= 0.3 is 5.97 Å². The predicted molar refractivity (Wildman–Crippen MR) is 135 cm³/mol. The van der Waals surface area contributed by atoms with Crippen LogP contribution in [0.2, 0.25) is 0 Å². The molecule has 3 N–H and O–H groups in total. The Morgan fingerprint density at radius 2 is 1.82 bits per heavy atom.